The van der Waals surface area contributed by atoms with Gasteiger partial charge in [0, 0.05) is 18.7 Å². The highest BCUT2D eigenvalue weighted by Gasteiger charge is 2.34. The minimum atomic E-state index is -4.65. The third-order valence-electron chi connectivity index (χ3n) is 5.52. The van der Waals surface area contributed by atoms with Crippen LogP contribution in [0, 0.1) is 0 Å². The molecule has 0 bridgehead atoms. The van der Waals surface area contributed by atoms with Crippen molar-refractivity contribution in [2.24, 2.45) is 0 Å². The molecule has 0 spiro atoms. The summed E-state index contributed by atoms with van der Waals surface area (Å²) in [7, 11) is 4.67. The lowest BCUT2D eigenvalue weighted by atomic mass is 9.94. The van der Waals surface area contributed by atoms with E-state index in [4.69, 9.17) is 9.47 Å². The van der Waals surface area contributed by atoms with E-state index in [1.165, 1.54) is 20.6 Å². The zero-order chi connectivity index (χ0) is 23.3. The van der Waals surface area contributed by atoms with Crippen LogP contribution in [0.5, 0.6) is 11.5 Å². The highest BCUT2D eigenvalue weighted by atomic mass is 32.2. The molecule has 1 fully saturated rings. The largest absolute Gasteiger partial charge is 0.493 e. The van der Waals surface area contributed by atoms with Gasteiger partial charge in [0.2, 0.25) is 5.91 Å². The molecule has 1 aromatic carbocycles. The minimum Gasteiger partial charge on any atom is -0.493 e. The van der Waals surface area contributed by atoms with Gasteiger partial charge >= 0.3 is 6.18 Å². The number of amides is 1. The molecule has 0 saturated heterocycles. The van der Waals surface area contributed by atoms with Crippen LogP contribution in [0.4, 0.5) is 13.2 Å². The Kier molecular flexibility index (Phi) is 7.86. The Balaban J connectivity index is 1.84. The number of hydrogen-bond donors (Lipinski definition) is 0. The standard InChI is InChI=1S/C22H26F3N3O3S/c1-28(15-7-5-4-6-8-15)20(29)13-32-21-26-16(12-19(27-21)22(23,24)25)14-9-10-17(30-2)18(11-14)31-3/h9-12,15H,4-8,13H2,1-3H3. The molecule has 1 aliphatic carbocycles. The first-order valence-electron chi connectivity index (χ1n) is 10.3. The topological polar surface area (TPSA) is 64.5 Å². The van der Waals surface area contributed by atoms with E-state index in [0.29, 0.717) is 17.1 Å². The predicted molar refractivity (Wildman–Crippen MR) is 116 cm³/mol. The summed E-state index contributed by atoms with van der Waals surface area (Å²) in [4.78, 5) is 22.2. The maximum atomic E-state index is 13.5. The molecule has 1 saturated carbocycles. The summed E-state index contributed by atoms with van der Waals surface area (Å²) >= 11 is 0.908. The number of hydrogen-bond acceptors (Lipinski definition) is 6. The van der Waals surface area contributed by atoms with Crippen molar-refractivity contribution in [3.05, 3.63) is 30.0 Å². The molecule has 1 amide bonds. The molecule has 2 aromatic rings. The SMILES string of the molecule is COc1ccc(-c2cc(C(F)(F)F)nc(SCC(=O)N(C)C3CCCCC3)n2)cc1OC. The van der Waals surface area contributed by atoms with Gasteiger partial charge in [0.25, 0.3) is 0 Å². The van der Waals surface area contributed by atoms with Gasteiger partial charge in [-0.1, -0.05) is 31.0 Å². The first kappa shape index (κ1) is 24.2. The van der Waals surface area contributed by atoms with Crippen molar-refractivity contribution in [1.82, 2.24) is 14.9 Å². The van der Waals surface area contributed by atoms with Crippen molar-refractivity contribution in [2.75, 3.05) is 27.0 Å². The summed E-state index contributed by atoms with van der Waals surface area (Å²) in [6, 6.07) is 5.82. The van der Waals surface area contributed by atoms with Gasteiger partial charge in [0.1, 0.15) is 5.69 Å². The predicted octanol–water partition coefficient (Wildman–Crippen LogP) is 5.06. The van der Waals surface area contributed by atoms with E-state index < -0.39 is 11.9 Å². The highest BCUT2D eigenvalue weighted by Crippen LogP contribution is 2.35. The normalized spacial score (nSPS) is 14.8. The Bertz CT molecular complexity index is 950. The van der Waals surface area contributed by atoms with Crippen LogP contribution in [0.15, 0.2) is 29.4 Å². The van der Waals surface area contributed by atoms with E-state index in [2.05, 4.69) is 9.97 Å². The van der Waals surface area contributed by atoms with Crippen molar-refractivity contribution in [3.63, 3.8) is 0 Å². The van der Waals surface area contributed by atoms with Crippen molar-refractivity contribution >= 4 is 17.7 Å². The number of alkyl halides is 3. The van der Waals surface area contributed by atoms with Crippen LogP contribution < -0.4 is 9.47 Å². The Labute approximate surface area is 189 Å². The van der Waals surface area contributed by atoms with Crippen LogP contribution in [0.3, 0.4) is 0 Å². The second kappa shape index (κ2) is 10.4. The van der Waals surface area contributed by atoms with Crippen LogP contribution in [-0.4, -0.2) is 53.8 Å². The van der Waals surface area contributed by atoms with E-state index in [-0.39, 0.29) is 28.6 Å². The second-order valence-electron chi connectivity index (χ2n) is 7.57. The zero-order valence-electron chi connectivity index (χ0n) is 18.2. The van der Waals surface area contributed by atoms with Crippen molar-refractivity contribution in [2.45, 2.75) is 49.5 Å². The number of rotatable bonds is 7. The lowest BCUT2D eigenvalue weighted by molar-refractivity contribution is -0.141. The molecule has 32 heavy (non-hydrogen) atoms. The summed E-state index contributed by atoms with van der Waals surface area (Å²) in [6.45, 7) is 0. The zero-order valence-corrected chi connectivity index (χ0v) is 19.1. The molecule has 0 unspecified atom stereocenters. The molecule has 0 N–H and O–H groups in total. The van der Waals surface area contributed by atoms with Crippen LogP contribution >= 0.6 is 11.8 Å². The first-order valence-corrected chi connectivity index (χ1v) is 11.3. The molecule has 174 valence electrons. The number of benzene rings is 1. The molecule has 10 heteroatoms. The number of nitrogens with zero attached hydrogens (tertiary/aromatic N) is 3. The number of thioether (sulfide) groups is 1. The third-order valence-corrected chi connectivity index (χ3v) is 6.35. The smallest absolute Gasteiger partial charge is 0.433 e. The number of aromatic nitrogens is 2. The quantitative estimate of drug-likeness (QED) is 0.417. The summed E-state index contributed by atoms with van der Waals surface area (Å²) in [5, 5.41) is -0.102. The monoisotopic (exact) mass is 469 g/mol. The maximum absolute atomic E-state index is 13.5. The number of carbonyl (C=O) groups excluding carboxylic acids is 1. The van der Waals surface area contributed by atoms with E-state index in [9.17, 15) is 18.0 Å². The molecule has 0 atom stereocenters. The number of methoxy groups -OCH3 is 2. The Morgan fingerprint density at radius 2 is 1.78 bits per heavy atom. The fourth-order valence-corrected chi connectivity index (χ4v) is 4.46. The fraction of sp³-hybridized carbons (Fsp3) is 0.500. The molecule has 1 heterocycles. The Morgan fingerprint density at radius 3 is 2.41 bits per heavy atom. The van der Waals surface area contributed by atoms with Crippen molar-refractivity contribution < 1.29 is 27.4 Å². The summed E-state index contributed by atoms with van der Waals surface area (Å²) < 4.78 is 50.9. The first-order chi connectivity index (χ1) is 15.2. The number of halogens is 3. The van der Waals surface area contributed by atoms with Gasteiger partial charge in [0.05, 0.1) is 25.7 Å². The molecular weight excluding hydrogens is 443 g/mol. The lowest BCUT2D eigenvalue weighted by Gasteiger charge is -2.31. The molecule has 0 aliphatic heterocycles. The average Bonchev–Trinajstić information content (AvgIpc) is 2.81. The van der Waals surface area contributed by atoms with Gasteiger partial charge in [-0.15, -0.1) is 0 Å². The summed E-state index contributed by atoms with van der Waals surface area (Å²) in [5.74, 6) is 0.651. The van der Waals surface area contributed by atoms with Gasteiger partial charge in [0.15, 0.2) is 16.7 Å². The molecule has 1 aliphatic rings. The minimum absolute atomic E-state index is 0.0281. The average molecular weight is 470 g/mol. The molecule has 1 aromatic heterocycles. The van der Waals surface area contributed by atoms with Crippen molar-refractivity contribution in [1.29, 1.82) is 0 Å². The second-order valence-corrected chi connectivity index (χ2v) is 8.52. The van der Waals surface area contributed by atoms with E-state index in [0.717, 1.165) is 43.5 Å². The molecule has 0 radical (unpaired) electrons. The van der Waals surface area contributed by atoms with Gasteiger partial charge in [-0.05, 0) is 37.1 Å². The van der Waals surface area contributed by atoms with E-state index in [1.54, 1.807) is 30.1 Å². The Morgan fingerprint density at radius 1 is 1.09 bits per heavy atom. The fourth-order valence-electron chi connectivity index (χ4n) is 3.68. The summed E-state index contributed by atoms with van der Waals surface area (Å²) in [5.41, 5.74) is -0.556. The number of carbonyl (C=O) groups is 1. The van der Waals surface area contributed by atoms with Gasteiger partial charge in [-0.25, -0.2) is 9.97 Å². The van der Waals surface area contributed by atoms with Gasteiger partial charge < -0.3 is 14.4 Å². The Hall–Kier alpha value is -2.49. The van der Waals surface area contributed by atoms with Crippen LogP contribution in [-0.2, 0) is 11.0 Å². The molecular formula is C22H26F3N3O3S. The third kappa shape index (κ3) is 5.85. The van der Waals surface area contributed by atoms with Crippen LogP contribution in [0.1, 0.15) is 37.8 Å². The highest BCUT2D eigenvalue weighted by molar-refractivity contribution is 7.99. The maximum Gasteiger partial charge on any atom is 0.433 e. The van der Waals surface area contributed by atoms with Crippen LogP contribution in [0.25, 0.3) is 11.3 Å². The lowest BCUT2D eigenvalue weighted by Crippen LogP contribution is -2.39. The number of ether oxygens (including phenoxy) is 2. The van der Waals surface area contributed by atoms with Gasteiger partial charge in [-0.2, -0.15) is 13.2 Å². The van der Waals surface area contributed by atoms with E-state index in [1.807, 2.05) is 0 Å². The van der Waals surface area contributed by atoms with E-state index >= 15 is 0 Å². The van der Waals surface area contributed by atoms with Crippen LogP contribution in [0.2, 0.25) is 0 Å². The summed E-state index contributed by atoms with van der Waals surface area (Å²) in [6.07, 6.45) is 0.602. The van der Waals surface area contributed by atoms with Crippen molar-refractivity contribution in [3.8, 4) is 22.8 Å². The van der Waals surface area contributed by atoms with Gasteiger partial charge in [-0.3, -0.25) is 4.79 Å². The molecule has 3 rings (SSSR count). The molecule has 6 nitrogen and oxygen atoms in total.